The highest BCUT2D eigenvalue weighted by Gasteiger charge is 2.20. The normalized spacial score (nSPS) is 19.6. The van der Waals surface area contributed by atoms with Gasteiger partial charge in [-0.1, -0.05) is 25.7 Å². The first kappa shape index (κ1) is 15.8. The van der Waals surface area contributed by atoms with E-state index in [0.717, 1.165) is 31.3 Å². The minimum Gasteiger partial charge on any atom is -0.355 e. The van der Waals surface area contributed by atoms with Crippen LogP contribution < -0.4 is 10.6 Å². The molecule has 106 valence electrons. The molecule has 0 bridgehead atoms. The predicted octanol–water partition coefficient (Wildman–Crippen LogP) is 2.49. The number of carbonyl (C=O) groups is 1. The zero-order valence-corrected chi connectivity index (χ0v) is 12.1. The summed E-state index contributed by atoms with van der Waals surface area (Å²) in [6.45, 7) is 2.38. The number of rotatable bonds is 8. The van der Waals surface area contributed by atoms with Gasteiger partial charge < -0.3 is 10.6 Å². The lowest BCUT2D eigenvalue weighted by molar-refractivity contribution is -0.120. The maximum absolute atomic E-state index is 11.5. The van der Waals surface area contributed by atoms with Crippen molar-refractivity contribution in [2.45, 2.75) is 51.4 Å². The molecule has 0 saturated heterocycles. The lowest BCUT2D eigenvalue weighted by atomic mass is 10.0. The fourth-order valence-electron chi connectivity index (χ4n) is 2.69. The van der Waals surface area contributed by atoms with Gasteiger partial charge in [-0.25, -0.2) is 0 Å². The highest BCUT2D eigenvalue weighted by molar-refractivity contribution is 5.85. The lowest BCUT2D eigenvalue weighted by Crippen LogP contribution is -2.35. The van der Waals surface area contributed by atoms with Gasteiger partial charge in [0.25, 0.3) is 0 Å². The largest absolute Gasteiger partial charge is 0.355 e. The van der Waals surface area contributed by atoms with E-state index in [4.69, 9.17) is 0 Å². The van der Waals surface area contributed by atoms with Crippen LogP contribution in [0.2, 0.25) is 0 Å². The highest BCUT2D eigenvalue weighted by atomic mass is 35.5. The predicted molar refractivity (Wildman–Crippen MR) is 77.0 cm³/mol. The molecule has 18 heavy (non-hydrogen) atoms. The zero-order chi connectivity index (χ0) is 11.9. The summed E-state index contributed by atoms with van der Waals surface area (Å²) in [6, 6.07) is 0. The van der Waals surface area contributed by atoms with E-state index in [1.54, 1.807) is 0 Å². The van der Waals surface area contributed by atoms with Gasteiger partial charge in [0.15, 0.2) is 0 Å². The van der Waals surface area contributed by atoms with Crippen molar-refractivity contribution in [3.63, 3.8) is 0 Å². The molecule has 2 aliphatic rings. The van der Waals surface area contributed by atoms with E-state index in [9.17, 15) is 4.79 Å². The molecule has 0 aromatic heterocycles. The van der Waals surface area contributed by atoms with E-state index >= 15 is 0 Å². The molecule has 0 spiro atoms. The number of amides is 1. The second-order valence-electron chi connectivity index (χ2n) is 5.72. The monoisotopic (exact) mass is 274 g/mol. The minimum absolute atomic E-state index is 0. The van der Waals surface area contributed by atoms with E-state index in [0.29, 0.717) is 6.54 Å². The molecule has 0 heterocycles. The third-order valence-electron chi connectivity index (χ3n) is 4.00. The molecule has 2 rings (SSSR count). The molecule has 2 N–H and O–H groups in total. The van der Waals surface area contributed by atoms with Crippen molar-refractivity contribution in [1.29, 1.82) is 0 Å². The fourth-order valence-corrected chi connectivity index (χ4v) is 2.69. The lowest BCUT2D eigenvalue weighted by Gasteiger charge is -2.09. The average molecular weight is 275 g/mol. The van der Waals surface area contributed by atoms with Gasteiger partial charge in [-0.15, -0.1) is 12.4 Å². The van der Waals surface area contributed by atoms with E-state index < -0.39 is 0 Å². The molecule has 1 amide bonds. The SMILES string of the molecule is Cl.O=C(CNCC1CC1)NCCCC1CCCC1. The second kappa shape index (κ2) is 8.76. The second-order valence-corrected chi connectivity index (χ2v) is 5.72. The van der Waals surface area contributed by atoms with Gasteiger partial charge in [-0.2, -0.15) is 0 Å². The van der Waals surface area contributed by atoms with Crippen LogP contribution in [0.15, 0.2) is 0 Å². The Morgan fingerprint density at radius 2 is 1.78 bits per heavy atom. The Morgan fingerprint density at radius 3 is 2.44 bits per heavy atom. The van der Waals surface area contributed by atoms with E-state index in [1.165, 1.54) is 44.9 Å². The Hall–Kier alpha value is -0.280. The van der Waals surface area contributed by atoms with Crippen LogP contribution in [0.4, 0.5) is 0 Å². The smallest absolute Gasteiger partial charge is 0.233 e. The van der Waals surface area contributed by atoms with Crippen molar-refractivity contribution < 1.29 is 4.79 Å². The van der Waals surface area contributed by atoms with Crippen LogP contribution >= 0.6 is 12.4 Å². The number of nitrogens with one attached hydrogen (secondary N) is 2. The summed E-state index contributed by atoms with van der Waals surface area (Å²) in [5, 5.41) is 6.22. The first-order valence-corrected chi connectivity index (χ1v) is 7.32. The molecule has 0 radical (unpaired) electrons. The molecular formula is C14H27ClN2O. The molecule has 2 aliphatic carbocycles. The molecule has 0 atom stereocenters. The van der Waals surface area contributed by atoms with Gasteiger partial charge in [0, 0.05) is 6.54 Å². The highest BCUT2D eigenvalue weighted by Crippen LogP contribution is 2.28. The molecule has 0 aromatic rings. The first-order valence-electron chi connectivity index (χ1n) is 7.32. The standard InChI is InChI=1S/C14H26N2O.ClH/c17-14(11-15-10-13-7-8-13)16-9-3-6-12-4-1-2-5-12;/h12-13,15H,1-11H2,(H,16,17);1H. The molecule has 4 heteroatoms. The molecule has 2 saturated carbocycles. The fraction of sp³-hybridized carbons (Fsp3) is 0.929. The minimum atomic E-state index is 0. The van der Waals surface area contributed by atoms with E-state index in [2.05, 4.69) is 10.6 Å². The first-order chi connectivity index (χ1) is 8.34. The molecule has 0 aromatic carbocycles. The van der Waals surface area contributed by atoms with Gasteiger partial charge in [0.05, 0.1) is 6.54 Å². The van der Waals surface area contributed by atoms with Gasteiger partial charge >= 0.3 is 0 Å². The Labute approximate surface area is 117 Å². The Bertz CT molecular complexity index is 238. The molecule has 2 fully saturated rings. The summed E-state index contributed by atoms with van der Waals surface area (Å²) in [6.07, 6.45) is 10.8. The maximum atomic E-state index is 11.5. The Morgan fingerprint density at radius 1 is 1.06 bits per heavy atom. The van der Waals surface area contributed by atoms with Crippen LogP contribution in [-0.2, 0) is 4.79 Å². The van der Waals surface area contributed by atoms with Crippen LogP contribution in [0.1, 0.15) is 51.4 Å². The summed E-state index contributed by atoms with van der Waals surface area (Å²) in [7, 11) is 0. The van der Waals surface area contributed by atoms with Gasteiger partial charge in [-0.3, -0.25) is 4.79 Å². The number of carbonyl (C=O) groups excluding carboxylic acids is 1. The van der Waals surface area contributed by atoms with E-state index in [-0.39, 0.29) is 18.3 Å². The van der Waals surface area contributed by atoms with Gasteiger partial charge in [0.1, 0.15) is 0 Å². The van der Waals surface area contributed by atoms with Crippen LogP contribution in [0.3, 0.4) is 0 Å². The quantitative estimate of drug-likeness (QED) is 0.668. The summed E-state index contributed by atoms with van der Waals surface area (Å²) < 4.78 is 0. The molecular weight excluding hydrogens is 248 g/mol. The van der Waals surface area contributed by atoms with Crippen molar-refractivity contribution in [2.75, 3.05) is 19.6 Å². The van der Waals surface area contributed by atoms with Crippen LogP contribution in [0, 0.1) is 11.8 Å². The van der Waals surface area contributed by atoms with Gasteiger partial charge in [-0.05, 0) is 44.1 Å². The van der Waals surface area contributed by atoms with Crippen molar-refractivity contribution in [2.24, 2.45) is 11.8 Å². The van der Waals surface area contributed by atoms with Crippen molar-refractivity contribution in [1.82, 2.24) is 10.6 Å². The molecule has 0 unspecified atom stereocenters. The third kappa shape index (κ3) is 6.60. The molecule has 3 nitrogen and oxygen atoms in total. The topological polar surface area (TPSA) is 41.1 Å². The average Bonchev–Trinajstić information content (AvgIpc) is 3.00. The van der Waals surface area contributed by atoms with E-state index in [1.807, 2.05) is 0 Å². The van der Waals surface area contributed by atoms with Crippen molar-refractivity contribution in [3.8, 4) is 0 Å². The summed E-state index contributed by atoms with van der Waals surface area (Å²) in [5.74, 6) is 1.96. The summed E-state index contributed by atoms with van der Waals surface area (Å²) >= 11 is 0. The van der Waals surface area contributed by atoms with Crippen molar-refractivity contribution in [3.05, 3.63) is 0 Å². The van der Waals surface area contributed by atoms with Gasteiger partial charge in [0.2, 0.25) is 5.91 Å². The summed E-state index contributed by atoms with van der Waals surface area (Å²) in [4.78, 5) is 11.5. The number of halogens is 1. The van der Waals surface area contributed by atoms with Crippen LogP contribution in [0.5, 0.6) is 0 Å². The van der Waals surface area contributed by atoms with Crippen LogP contribution in [-0.4, -0.2) is 25.5 Å². The zero-order valence-electron chi connectivity index (χ0n) is 11.2. The number of hydrogen-bond acceptors (Lipinski definition) is 2. The van der Waals surface area contributed by atoms with Crippen molar-refractivity contribution >= 4 is 18.3 Å². The maximum Gasteiger partial charge on any atom is 0.233 e. The third-order valence-corrected chi connectivity index (χ3v) is 4.00. The summed E-state index contributed by atoms with van der Waals surface area (Å²) in [5.41, 5.74) is 0. The number of hydrogen-bond donors (Lipinski definition) is 2. The van der Waals surface area contributed by atoms with Crippen LogP contribution in [0.25, 0.3) is 0 Å². The Kier molecular flexibility index (Phi) is 7.68. The molecule has 0 aliphatic heterocycles. The Balaban J connectivity index is 0.00000162.